The van der Waals surface area contributed by atoms with E-state index in [9.17, 15) is 5.11 Å². The van der Waals surface area contributed by atoms with Crippen molar-refractivity contribution < 1.29 is 5.11 Å². The van der Waals surface area contributed by atoms with Crippen molar-refractivity contribution in [1.29, 1.82) is 0 Å². The number of aliphatic hydroxyl groups is 1. The summed E-state index contributed by atoms with van der Waals surface area (Å²) in [4.78, 5) is 3.96. The van der Waals surface area contributed by atoms with E-state index in [1.165, 1.54) is 11.1 Å². The summed E-state index contributed by atoms with van der Waals surface area (Å²) in [6, 6.07) is 12.5. The third-order valence-electron chi connectivity index (χ3n) is 3.54. The van der Waals surface area contributed by atoms with Gasteiger partial charge in [0.2, 0.25) is 0 Å². The van der Waals surface area contributed by atoms with Crippen LogP contribution in [0.15, 0.2) is 48.8 Å². The zero-order valence-corrected chi connectivity index (χ0v) is 12.1. The standard InChI is InChI=1S/C17H22N2O/c1-3-16(14-6-4-13(2)5-7-14)19-12-17(20)15-8-10-18-11-9-15/h4-11,16-17,19-20H,3,12H2,1-2H3. The topological polar surface area (TPSA) is 45.1 Å². The highest BCUT2D eigenvalue weighted by molar-refractivity contribution is 5.24. The molecule has 2 N–H and O–H groups in total. The van der Waals surface area contributed by atoms with Gasteiger partial charge in [0, 0.05) is 25.0 Å². The number of aliphatic hydroxyl groups excluding tert-OH is 1. The predicted octanol–water partition coefficient (Wildman–Crippen LogP) is 3.16. The van der Waals surface area contributed by atoms with Crippen LogP contribution in [0.4, 0.5) is 0 Å². The quantitative estimate of drug-likeness (QED) is 0.847. The molecule has 0 fully saturated rings. The van der Waals surface area contributed by atoms with Gasteiger partial charge in [-0.05, 0) is 36.6 Å². The molecule has 20 heavy (non-hydrogen) atoms. The molecule has 0 saturated heterocycles. The van der Waals surface area contributed by atoms with Gasteiger partial charge in [-0.1, -0.05) is 36.8 Å². The molecule has 0 bridgehead atoms. The minimum Gasteiger partial charge on any atom is -0.387 e. The number of rotatable bonds is 6. The fourth-order valence-electron chi connectivity index (χ4n) is 2.25. The fraction of sp³-hybridized carbons (Fsp3) is 0.353. The smallest absolute Gasteiger partial charge is 0.0915 e. The summed E-state index contributed by atoms with van der Waals surface area (Å²) in [6.07, 6.45) is 3.90. The molecule has 0 saturated carbocycles. The third kappa shape index (κ3) is 3.89. The van der Waals surface area contributed by atoms with Crippen molar-refractivity contribution in [2.75, 3.05) is 6.54 Å². The van der Waals surface area contributed by atoms with Crippen LogP contribution in [0.3, 0.4) is 0 Å². The number of benzene rings is 1. The normalized spacial score (nSPS) is 13.9. The summed E-state index contributed by atoms with van der Waals surface area (Å²) in [5.41, 5.74) is 3.42. The Morgan fingerprint density at radius 2 is 1.70 bits per heavy atom. The molecule has 0 spiro atoms. The first-order valence-electron chi connectivity index (χ1n) is 7.08. The highest BCUT2D eigenvalue weighted by Gasteiger charge is 2.12. The molecule has 1 heterocycles. The lowest BCUT2D eigenvalue weighted by atomic mass is 10.0. The number of nitrogens with one attached hydrogen (secondary N) is 1. The van der Waals surface area contributed by atoms with Crippen LogP contribution in [0.2, 0.25) is 0 Å². The molecular weight excluding hydrogens is 248 g/mol. The first-order chi connectivity index (χ1) is 9.70. The van der Waals surface area contributed by atoms with Crippen LogP contribution in [-0.2, 0) is 0 Å². The number of pyridine rings is 1. The van der Waals surface area contributed by atoms with E-state index in [1.807, 2.05) is 12.1 Å². The molecule has 106 valence electrons. The van der Waals surface area contributed by atoms with Gasteiger partial charge in [0.15, 0.2) is 0 Å². The van der Waals surface area contributed by atoms with Gasteiger partial charge in [0.1, 0.15) is 0 Å². The van der Waals surface area contributed by atoms with Gasteiger partial charge < -0.3 is 10.4 Å². The molecule has 0 aliphatic heterocycles. The second-order valence-electron chi connectivity index (χ2n) is 5.08. The summed E-state index contributed by atoms with van der Waals surface area (Å²) in [5, 5.41) is 13.6. The Morgan fingerprint density at radius 1 is 1.05 bits per heavy atom. The molecular formula is C17H22N2O. The van der Waals surface area contributed by atoms with E-state index in [4.69, 9.17) is 0 Å². The largest absolute Gasteiger partial charge is 0.387 e. The maximum atomic E-state index is 10.2. The summed E-state index contributed by atoms with van der Waals surface area (Å²) in [7, 11) is 0. The molecule has 0 radical (unpaired) electrons. The Hall–Kier alpha value is -1.71. The second-order valence-corrected chi connectivity index (χ2v) is 5.08. The molecule has 2 rings (SSSR count). The minimum atomic E-state index is -0.502. The molecule has 1 aromatic heterocycles. The Morgan fingerprint density at radius 3 is 2.30 bits per heavy atom. The Bertz CT molecular complexity index is 510. The summed E-state index contributed by atoms with van der Waals surface area (Å²) in [5.74, 6) is 0. The zero-order valence-electron chi connectivity index (χ0n) is 12.1. The van der Waals surface area contributed by atoms with Crippen LogP contribution in [0, 0.1) is 6.92 Å². The highest BCUT2D eigenvalue weighted by Crippen LogP contribution is 2.18. The van der Waals surface area contributed by atoms with E-state index >= 15 is 0 Å². The average molecular weight is 270 g/mol. The zero-order chi connectivity index (χ0) is 14.4. The van der Waals surface area contributed by atoms with Crippen molar-refractivity contribution in [3.63, 3.8) is 0 Å². The Kier molecular flexibility index (Phi) is 5.27. The van der Waals surface area contributed by atoms with E-state index in [2.05, 4.69) is 48.4 Å². The number of aromatic nitrogens is 1. The Balaban J connectivity index is 1.95. The minimum absolute atomic E-state index is 0.270. The SMILES string of the molecule is CCC(NCC(O)c1ccncc1)c1ccc(C)cc1. The average Bonchev–Trinajstić information content (AvgIpc) is 2.50. The van der Waals surface area contributed by atoms with Gasteiger partial charge in [-0.3, -0.25) is 4.98 Å². The molecule has 2 aromatic rings. The van der Waals surface area contributed by atoms with E-state index < -0.39 is 6.10 Å². The molecule has 0 aliphatic carbocycles. The lowest BCUT2D eigenvalue weighted by Crippen LogP contribution is -2.26. The molecule has 3 heteroatoms. The molecule has 2 atom stereocenters. The van der Waals surface area contributed by atoms with Crippen molar-refractivity contribution >= 4 is 0 Å². The van der Waals surface area contributed by atoms with E-state index in [-0.39, 0.29) is 6.04 Å². The van der Waals surface area contributed by atoms with Crippen molar-refractivity contribution in [3.8, 4) is 0 Å². The summed E-state index contributed by atoms with van der Waals surface area (Å²) >= 11 is 0. The van der Waals surface area contributed by atoms with E-state index in [1.54, 1.807) is 12.4 Å². The monoisotopic (exact) mass is 270 g/mol. The van der Waals surface area contributed by atoms with Crippen molar-refractivity contribution in [2.24, 2.45) is 0 Å². The van der Waals surface area contributed by atoms with Gasteiger partial charge in [-0.2, -0.15) is 0 Å². The van der Waals surface area contributed by atoms with Crippen LogP contribution in [0.25, 0.3) is 0 Å². The van der Waals surface area contributed by atoms with Crippen LogP contribution in [0.5, 0.6) is 0 Å². The van der Waals surface area contributed by atoms with Gasteiger partial charge in [-0.25, -0.2) is 0 Å². The van der Waals surface area contributed by atoms with Crippen LogP contribution in [0.1, 0.15) is 42.2 Å². The molecule has 0 amide bonds. The molecule has 1 aromatic carbocycles. The fourth-order valence-corrected chi connectivity index (χ4v) is 2.25. The van der Waals surface area contributed by atoms with Gasteiger partial charge >= 0.3 is 0 Å². The Labute approximate surface area is 120 Å². The van der Waals surface area contributed by atoms with Crippen molar-refractivity contribution in [3.05, 3.63) is 65.5 Å². The van der Waals surface area contributed by atoms with Gasteiger partial charge in [0.25, 0.3) is 0 Å². The number of hydrogen-bond donors (Lipinski definition) is 2. The summed E-state index contributed by atoms with van der Waals surface area (Å²) in [6.45, 7) is 4.78. The maximum Gasteiger partial charge on any atom is 0.0915 e. The van der Waals surface area contributed by atoms with Crippen LogP contribution >= 0.6 is 0 Å². The lowest BCUT2D eigenvalue weighted by Gasteiger charge is -2.20. The van der Waals surface area contributed by atoms with Crippen molar-refractivity contribution in [1.82, 2.24) is 10.3 Å². The molecule has 0 aliphatic rings. The highest BCUT2D eigenvalue weighted by atomic mass is 16.3. The lowest BCUT2D eigenvalue weighted by molar-refractivity contribution is 0.169. The van der Waals surface area contributed by atoms with Crippen molar-refractivity contribution in [2.45, 2.75) is 32.4 Å². The van der Waals surface area contributed by atoms with E-state index in [0.29, 0.717) is 6.54 Å². The first kappa shape index (κ1) is 14.7. The predicted molar refractivity (Wildman–Crippen MR) is 81.4 cm³/mol. The second kappa shape index (κ2) is 7.17. The molecule has 2 unspecified atom stereocenters. The first-order valence-corrected chi connectivity index (χ1v) is 7.08. The molecule has 3 nitrogen and oxygen atoms in total. The number of hydrogen-bond acceptors (Lipinski definition) is 3. The third-order valence-corrected chi connectivity index (χ3v) is 3.54. The van der Waals surface area contributed by atoms with Crippen LogP contribution < -0.4 is 5.32 Å². The van der Waals surface area contributed by atoms with E-state index in [0.717, 1.165) is 12.0 Å². The number of aryl methyl sites for hydroxylation is 1. The van der Waals surface area contributed by atoms with Gasteiger partial charge in [-0.15, -0.1) is 0 Å². The van der Waals surface area contributed by atoms with Crippen LogP contribution in [-0.4, -0.2) is 16.6 Å². The maximum absolute atomic E-state index is 10.2. The number of nitrogens with zero attached hydrogens (tertiary/aromatic N) is 1. The summed E-state index contributed by atoms with van der Waals surface area (Å²) < 4.78 is 0. The van der Waals surface area contributed by atoms with Gasteiger partial charge in [0.05, 0.1) is 6.10 Å².